The minimum atomic E-state index is -0.923. The van der Waals surface area contributed by atoms with Gasteiger partial charge in [-0.2, -0.15) is 0 Å². The van der Waals surface area contributed by atoms with Crippen LogP contribution in [-0.4, -0.2) is 28.9 Å². The predicted octanol–water partition coefficient (Wildman–Crippen LogP) is 3.76. The van der Waals surface area contributed by atoms with E-state index >= 15 is 0 Å². The largest absolute Gasteiger partial charge is 0.453 e. The molecule has 0 bridgehead atoms. The highest BCUT2D eigenvalue weighted by molar-refractivity contribution is 7.18. The van der Waals surface area contributed by atoms with E-state index in [2.05, 4.69) is 15.6 Å². The smallest absolute Gasteiger partial charge is 0.306 e. The molecule has 3 aromatic rings. The Kier molecular flexibility index (Phi) is 6.56. The van der Waals surface area contributed by atoms with Crippen molar-refractivity contribution in [3.05, 3.63) is 53.5 Å². The van der Waals surface area contributed by atoms with Crippen molar-refractivity contribution in [3.63, 3.8) is 0 Å². The molecule has 8 heteroatoms. The zero-order valence-corrected chi connectivity index (χ0v) is 16.9. The number of anilines is 2. The molecule has 0 aliphatic rings. The lowest BCUT2D eigenvalue weighted by Gasteiger charge is -2.13. The standard InChI is InChI=1S/C21H21N3O4S/c1-13(21(27)23-16-9-7-15(8-10-16)22-14(2)25)28-20(26)12-11-19-24-17-5-3-4-6-18(17)29-19/h3-10,13H,11-12H2,1-2H3,(H,22,25)(H,23,27)/t13-/m1/s1. The Balaban J connectivity index is 1.47. The molecule has 2 amide bonds. The Labute approximate surface area is 172 Å². The number of aromatic nitrogens is 1. The Bertz CT molecular complexity index is 997. The number of fused-ring (bicyclic) bond motifs is 1. The molecule has 0 radical (unpaired) electrons. The van der Waals surface area contributed by atoms with Crippen LogP contribution < -0.4 is 10.6 Å². The number of para-hydroxylation sites is 1. The molecule has 7 nitrogen and oxygen atoms in total. The molecule has 0 saturated carbocycles. The van der Waals surface area contributed by atoms with Gasteiger partial charge >= 0.3 is 5.97 Å². The van der Waals surface area contributed by atoms with Crippen molar-refractivity contribution in [2.75, 3.05) is 10.6 Å². The van der Waals surface area contributed by atoms with Gasteiger partial charge in [-0.15, -0.1) is 11.3 Å². The molecule has 0 unspecified atom stereocenters. The lowest BCUT2D eigenvalue weighted by atomic mass is 10.2. The van der Waals surface area contributed by atoms with E-state index in [0.29, 0.717) is 17.8 Å². The SMILES string of the molecule is CC(=O)Nc1ccc(NC(=O)[C@@H](C)OC(=O)CCc2nc3ccccc3s2)cc1. The number of hydrogen-bond donors (Lipinski definition) is 2. The Morgan fingerprint density at radius 3 is 2.34 bits per heavy atom. The van der Waals surface area contributed by atoms with E-state index in [1.807, 2.05) is 24.3 Å². The van der Waals surface area contributed by atoms with Crippen LogP contribution in [0.3, 0.4) is 0 Å². The van der Waals surface area contributed by atoms with Gasteiger partial charge in [-0.3, -0.25) is 14.4 Å². The number of aryl methyl sites for hydroxylation is 1. The summed E-state index contributed by atoms with van der Waals surface area (Å²) in [7, 11) is 0. The van der Waals surface area contributed by atoms with Crippen LogP contribution in [0.5, 0.6) is 0 Å². The molecule has 0 fully saturated rings. The fraction of sp³-hybridized carbons (Fsp3) is 0.238. The van der Waals surface area contributed by atoms with Gasteiger partial charge in [0.2, 0.25) is 5.91 Å². The summed E-state index contributed by atoms with van der Waals surface area (Å²) in [5.41, 5.74) is 2.09. The summed E-state index contributed by atoms with van der Waals surface area (Å²) in [5, 5.41) is 6.19. The van der Waals surface area contributed by atoms with Crippen LogP contribution in [0.25, 0.3) is 10.2 Å². The Morgan fingerprint density at radius 2 is 1.69 bits per heavy atom. The number of carbonyl (C=O) groups excluding carboxylic acids is 3. The fourth-order valence-electron chi connectivity index (χ4n) is 2.63. The quantitative estimate of drug-likeness (QED) is 0.577. The van der Waals surface area contributed by atoms with Crippen molar-refractivity contribution < 1.29 is 19.1 Å². The van der Waals surface area contributed by atoms with Gasteiger partial charge in [0.15, 0.2) is 6.10 Å². The molecule has 0 aliphatic heterocycles. The van der Waals surface area contributed by atoms with E-state index in [4.69, 9.17) is 4.74 Å². The molecule has 3 rings (SSSR count). The van der Waals surface area contributed by atoms with E-state index in [9.17, 15) is 14.4 Å². The number of rotatable bonds is 7. The Morgan fingerprint density at radius 1 is 1.03 bits per heavy atom. The molecule has 1 atom stereocenters. The van der Waals surface area contributed by atoms with Crippen molar-refractivity contribution in [2.24, 2.45) is 0 Å². The van der Waals surface area contributed by atoms with Crippen LogP contribution >= 0.6 is 11.3 Å². The average molecular weight is 411 g/mol. The summed E-state index contributed by atoms with van der Waals surface area (Å²) in [6, 6.07) is 14.5. The van der Waals surface area contributed by atoms with Gasteiger partial charge in [0.1, 0.15) is 0 Å². The monoisotopic (exact) mass is 411 g/mol. The van der Waals surface area contributed by atoms with Crippen molar-refractivity contribution >= 4 is 50.7 Å². The maximum absolute atomic E-state index is 12.2. The van der Waals surface area contributed by atoms with E-state index < -0.39 is 18.0 Å². The van der Waals surface area contributed by atoms with Crippen molar-refractivity contribution in [3.8, 4) is 0 Å². The second-order valence-electron chi connectivity index (χ2n) is 6.46. The molecular formula is C21H21N3O4S. The first-order chi connectivity index (χ1) is 13.9. The topological polar surface area (TPSA) is 97.4 Å². The second-order valence-corrected chi connectivity index (χ2v) is 7.57. The van der Waals surface area contributed by atoms with Crippen LogP contribution in [0.15, 0.2) is 48.5 Å². The average Bonchev–Trinajstić information content (AvgIpc) is 3.10. The van der Waals surface area contributed by atoms with Gasteiger partial charge in [-0.1, -0.05) is 12.1 Å². The second kappa shape index (κ2) is 9.29. The third-order valence-corrected chi connectivity index (χ3v) is 5.13. The summed E-state index contributed by atoms with van der Waals surface area (Å²) < 4.78 is 6.30. The fourth-order valence-corrected chi connectivity index (χ4v) is 3.60. The number of amides is 2. The van der Waals surface area contributed by atoms with Gasteiger partial charge in [0, 0.05) is 24.7 Å². The molecule has 0 spiro atoms. The van der Waals surface area contributed by atoms with E-state index in [0.717, 1.165) is 15.2 Å². The van der Waals surface area contributed by atoms with Gasteiger partial charge in [-0.05, 0) is 43.3 Å². The van der Waals surface area contributed by atoms with Crippen molar-refractivity contribution in [1.82, 2.24) is 4.98 Å². The summed E-state index contributed by atoms with van der Waals surface area (Å²) in [5.74, 6) is -1.05. The first-order valence-electron chi connectivity index (χ1n) is 9.13. The van der Waals surface area contributed by atoms with Gasteiger partial charge in [0.05, 0.1) is 21.6 Å². The lowest BCUT2D eigenvalue weighted by molar-refractivity contribution is -0.153. The molecule has 1 heterocycles. The number of nitrogens with zero attached hydrogens (tertiary/aromatic N) is 1. The molecule has 150 valence electrons. The van der Waals surface area contributed by atoms with Crippen molar-refractivity contribution in [2.45, 2.75) is 32.8 Å². The van der Waals surface area contributed by atoms with Crippen LogP contribution in [0, 0.1) is 0 Å². The third-order valence-electron chi connectivity index (χ3n) is 4.03. The van der Waals surface area contributed by atoms with Crippen LogP contribution in [-0.2, 0) is 25.5 Å². The number of ether oxygens (including phenoxy) is 1. The normalized spacial score (nSPS) is 11.7. The number of benzene rings is 2. The molecule has 1 aromatic heterocycles. The molecule has 2 aromatic carbocycles. The maximum Gasteiger partial charge on any atom is 0.306 e. The van der Waals surface area contributed by atoms with E-state index in [-0.39, 0.29) is 12.3 Å². The number of nitrogens with one attached hydrogen (secondary N) is 2. The molecule has 0 aliphatic carbocycles. The van der Waals surface area contributed by atoms with Gasteiger partial charge in [-0.25, -0.2) is 4.98 Å². The summed E-state index contributed by atoms with van der Waals surface area (Å²) in [6.07, 6.45) is -0.298. The lowest BCUT2D eigenvalue weighted by Crippen LogP contribution is -2.30. The van der Waals surface area contributed by atoms with Gasteiger partial charge in [0.25, 0.3) is 5.91 Å². The summed E-state index contributed by atoms with van der Waals surface area (Å²) in [4.78, 5) is 39.8. The molecule has 29 heavy (non-hydrogen) atoms. The number of carbonyl (C=O) groups is 3. The zero-order valence-electron chi connectivity index (χ0n) is 16.1. The van der Waals surface area contributed by atoms with E-state index in [1.165, 1.54) is 13.8 Å². The van der Waals surface area contributed by atoms with Crippen molar-refractivity contribution in [1.29, 1.82) is 0 Å². The Hall–Kier alpha value is -3.26. The maximum atomic E-state index is 12.2. The number of thiazole rings is 1. The van der Waals surface area contributed by atoms with Crippen LogP contribution in [0.1, 0.15) is 25.3 Å². The summed E-state index contributed by atoms with van der Waals surface area (Å²) >= 11 is 1.55. The van der Waals surface area contributed by atoms with Crippen LogP contribution in [0.4, 0.5) is 11.4 Å². The first kappa shape index (κ1) is 20.5. The van der Waals surface area contributed by atoms with Gasteiger partial charge < -0.3 is 15.4 Å². The zero-order chi connectivity index (χ0) is 20.8. The van der Waals surface area contributed by atoms with E-state index in [1.54, 1.807) is 35.6 Å². The highest BCUT2D eigenvalue weighted by Crippen LogP contribution is 2.22. The summed E-state index contributed by atoms with van der Waals surface area (Å²) in [6.45, 7) is 2.94. The number of hydrogen-bond acceptors (Lipinski definition) is 6. The predicted molar refractivity (Wildman–Crippen MR) is 113 cm³/mol. The number of esters is 1. The minimum Gasteiger partial charge on any atom is -0.453 e. The highest BCUT2D eigenvalue weighted by Gasteiger charge is 2.18. The molecular weight excluding hydrogens is 390 g/mol. The highest BCUT2D eigenvalue weighted by atomic mass is 32.1. The molecule has 2 N–H and O–H groups in total. The minimum absolute atomic E-state index is 0.156. The third kappa shape index (κ3) is 5.86. The molecule has 0 saturated heterocycles. The first-order valence-corrected chi connectivity index (χ1v) is 9.95. The van der Waals surface area contributed by atoms with Crippen LogP contribution in [0.2, 0.25) is 0 Å².